The first-order valence-corrected chi connectivity index (χ1v) is 8.42. The second-order valence-corrected chi connectivity index (χ2v) is 5.80. The maximum atomic E-state index is 12.4. The first-order valence-electron chi connectivity index (χ1n) is 8.42. The summed E-state index contributed by atoms with van der Waals surface area (Å²) in [5.41, 5.74) is 1.73. The summed E-state index contributed by atoms with van der Waals surface area (Å²) in [5.74, 6) is -0.376. The molecule has 1 atom stereocenters. The number of benzene rings is 1. The van der Waals surface area contributed by atoms with Crippen LogP contribution in [-0.2, 0) is 17.6 Å². The molecule has 1 heterocycles. The van der Waals surface area contributed by atoms with Gasteiger partial charge in [0, 0.05) is 37.8 Å². The van der Waals surface area contributed by atoms with Crippen molar-refractivity contribution in [2.75, 3.05) is 20.2 Å². The number of carbonyl (C=O) groups excluding carboxylic acids is 1. The van der Waals surface area contributed by atoms with Gasteiger partial charge in [-0.25, -0.2) is 14.6 Å². The predicted molar refractivity (Wildman–Crippen MR) is 96.2 cm³/mol. The molecular formula is C18H24N4O4. The number of rotatable bonds is 9. The zero-order valence-electron chi connectivity index (χ0n) is 14.9. The van der Waals surface area contributed by atoms with E-state index in [1.165, 1.54) is 0 Å². The lowest BCUT2D eigenvalue weighted by Crippen LogP contribution is -2.49. The number of nitrogens with one attached hydrogen (secondary N) is 2. The van der Waals surface area contributed by atoms with E-state index in [4.69, 9.17) is 4.74 Å². The van der Waals surface area contributed by atoms with Crippen LogP contribution in [0, 0.1) is 0 Å². The van der Waals surface area contributed by atoms with Gasteiger partial charge in [0.05, 0.1) is 13.4 Å². The topological polar surface area (TPSA) is 108 Å². The first-order chi connectivity index (χ1) is 12.5. The Kier molecular flexibility index (Phi) is 7.02. The highest BCUT2D eigenvalue weighted by Crippen LogP contribution is 2.13. The number of methoxy groups -OCH3 is 1. The molecule has 140 valence electrons. The number of aromatic amines is 1. The van der Waals surface area contributed by atoms with Crippen molar-refractivity contribution in [2.24, 2.45) is 0 Å². The van der Waals surface area contributed by atoms with Gasteiger partial charge in [-0.3, -0.25) is 0 Å². The number of likely N-dealkylation sites (N-methyl/N-ethyl adjacent to an activating group) is 1. The molecule has 0 aliphatic heterocycles. The van der Waals surface area contributed by atoms with E-state index in [1.54, 1.807) is 48.8 Å². The van der Waals surface area contributed by atoms with E-state index in [9.17, 15) is 14.7 Å². The molecule has 3 N–H and O–H groups in total. The molecule has 0 radical (unpaired) electrons. The molecule has 0 unspecified atom stereocenters. The monoisotopic (exact) mass is 360 g/mol. The Morgan fingerprint density at radius 3 is 2.62 bits per heavy atom. The van der Waals surface area contributed by atoms with Gasteiger partial charge in [-0.05, 0) is 24.6 Å². The number of ether oxygens (including phenoxy) is 1. The van der Waals surface area contributed by atoms with Crippen LogP contribution in [0.15, 0.2) is 36.8 Å². The van der Waals surface area contributed by atoms with E-state index in [2.05, 4.69) is 15.3 Å². The molecule has 2 rings (SSSR count). The second kappa shape index (κ2) is 9.45. The van der Waals surface area contributed by atoms with E-state index < -0.39 is 18.0 Å². The highest BCUT2D eigenvalue weighted by Gasteiger charge is 2.23. The van der Waals surface area contributed by atoms with Crippen LogP contribution in [0.5, 0.6) is 5.75 Å². The Morgan fingerprint density at radius 1 is 1.35 bits per heavy atom. The van der Waals surface area contributed by atoms with Crippen molar-refractivity contribution in [1.82, 2.24) is 20.2 Å². The van der Waals surface area contributed by atoms with Crippen molar-refractivity contribution in [2.45, 2.75) is 25.8 Å². The summed E-state index contributed by atoms with van der Waals surface area (Å²) < 4.78 is 5.09. The molecule has 2 amide bonds. The number of carbonyl (C=O) groups is 2. The molecule has 1 aromatic heterocycles. The number of carboxylic acid groups (broad SMARTS) is 1. The molecule has 8 heteroatoms. The third-order valence-corrected chi connectivity index (χ3v) is 4.07. The number of hydrogen-bond donors (Lipinski definition) is 3. The van der Waals surface area contributed by atoms with Crippen LogP contribution in [0.3, 0.4) is 0 Å². The lowest BCUT2D eigenvalue weighted by atomic mass is 10.1. The van der Waals surface area contributed by atoms with Gasteiger partial charge in [0.25, 0.3) is 0 Å². The maximum absolute atomic E-state index is 12.4. The molecule has 0 aliphatic rings. The highest BCUT2D eigenvalue weighted by atomic mass is 16.5. The molecular weight excluding hydrogens is 336 g/mol. The van der Waals surface area contributed by atoms with Crippen LogP contribution < -0.4 is 10.1 Å². The minimum atomic E-state index is -1.07. The third-order valence-electron chi connectivity index (χ3n) is 4.07. The maximum Gasteiger partial charge on any atom is 0.326 e. The van der Waals surface area contributed by atoms with Crippen molar-refractivity contribution in [3.8, 4) is 5.75 Å². The fourth-order valence-electron chi connectivity index (χ4n) is 2.52. The number of H-pyrrole nitrogens is 1. The normalized spacial score (nSPS) is 11.6. The Bertz CT molecular complexity index is 700. The minimum absolute atomic E-state index is 0.198. The average Bonchev–Trinajstić information content (AvgIpc) is 3.15. The lowest BCUT2D eigenvalue weighted by Gasteiger charge is -2.24. The van der Waals surface area contributed by atoms with Gasteiger partial charge in [-0.2, -0.15) is 0 Å². The van der Waals surface area contributed by atoms with Crippen LogP contribution in [0.25, 0.3) is 0 Å². The van der Waals surface area contributed by atoms with Crippen LogP contribution in [0.4, 0.5) is 4.79 Å². The molecule has 0 fully saturated rings. The summed E-state index contributed by atoms with van der Waals surface area (Å²) in [4.78, 5) is 32.5. The largest absolute Gasteiger partial charge is 0.497 e. The summed E-state index contributed by atoms with van der Waals surface area (Å²) in [5, 5.41) is 12.1. The molecule has 1 aromatic carbocycles. The summed E-state index contributed by atoms with van der Waals surface area (Å²) in [6.07, 6.45) is 4.11. The number of urea groups is 1. The molecule has 8 nitrogen and oxygen atoms in total. The van der Waals surface area contributed by atoms with Crippen LogP contribution >= 0.6 is 0 Å². The SMILES string of the molecule is CCN(CCc1cnc[nH]1)C(=O)N[C@@H](Cc1ccc(OC)cc1)C(=O)O. The van der Waals surface area contributed by atoms with Crippen molar-refractivity contribution in [1.29, 1.82) is 0 Å². The fourth-order valence-corrected chi connectivity index (χ4v) is 2.52. The van der Waals surface area contributed by atoms with E-state index in [-0.39, 0.29) is 6.42 Å². The summed E-state index contributed by atoms with van der Waals surface area (Å²) in [7, 11) is 1.57. The summed E-state index contributed by atoms with van der Waals surface area (Å²) >= 11 is 0. The van der Waals surface area contributed by atoms with Gasteiger partial charge in [0.1, 0.15) is 11.8 Å². The number of aromatic nitrogens is 2. The average molecular weight is 360 g/mol. The summed E-state index contributed by atoms with van der Waals surface area (Å²) in [6.45, 7) is 2.81. The Hall–Kier alpha value is -3.03. The Balaban J connectivity index is 1.95. The van der Waals surface area contributed by atoms with Crippen molar-refractivity contribution in [3.63, 3.8) is 0 Å². The zero-order chi connectivity index (χ0) is 18.9. The van der Waals surface area contributed by atoms with E-state index >= 15 is 0 Å². The number of carboxylic acids is 1. The van der Waals surface area contributed by atoms with Gasteiger partial charge in [0.2, 0.25) is 0 Å². The predicted octanol–water partition coefficient (Wildman–Crippen LogP) is 1.69. The fraction of sp³-hybridized carbons (Fsp3) is 0.389. The number of hydrogen-bond acceptors (Lipinski definition) is 4. The van der Waals surface area contributed by atoms with Crippen molar-refractivity contribution < 1.29 is 19.4 Å². The van der Waals surface area contributed by atoms with Gasteiger partial charge < -0.3 is 25.0 Å². The highest BCUT2D eigenvalue weighted by molar-refractivity contribution is 5.82. The van der Waals surface area contributed by atoms with Crippen LogP contribution in [0.1, 0.15) is 18.2 Å². The van der Waals surface area contributed by atoms with E-state index in [0.29, 0.717) is 25.3 Å². The van der Waals surface area contributed by atoms with Gasteiger partial charge >= 0.3 is 12.0 Å². The third kappa shape index (κ3) is 5.51. The Labute approximate surface area is 152 Å². The summed E-state index contributed by atoms with van der Waals surface area (Å²) in [6, 6.07) is 5.70. The standard InChI is InChI=1S/C18H24N4O4/c1-3-22(9-8-14-11-19-12-20-14)18(25)21-16(17(23)24)10-13-4-6-15(26-2)7-5-13/h4-7,11-12,16H,3,8-10H2,1-2H3,(H,19,20)(H,21,25)(H,23,24)/t16-/m0/s1. The molecule has 2 aromatic rings. The molecule has 0 bridgehead atoms. The molecule has 0 saturated carbocycles. The number of aliphatic carboxylic acids is 1. The Morgan fingerprint density at radius 2 is 2.08 bits per heavy atom. The smallest absolute Gasteiger partial charge is 0.326 e. The molecule has 26 heavy (non-hydrogen) atoms. The van der Waals surface area contributed by atoms with Crippen LogP contribution in [-0.4, -0.2) is 58.2 Å². The van der Waals surface area contributed by atoms with Crippen molar-refractivity contribution >= 4 is 12.0 Å². The molecule has 0 aliphatic carbocycles. The molecule has 0 spiro atoms. The minimum Gasteiger partial charge on any atom is -0.497 e. The second-order valence-electron chi connectivity index (χ2n) is 5.80. The van der Waals surface area contributed by atoms with Gasteiger partial charge in [-0.15, -0.1) is 0 Å². The number of amides is 2. The first kappa shape index (κ1) is 19.3. The lowest BCUT2D eigenvalue weighted by molar-refractivity contribution is -0.139. The molecule has 0 saturated heterocycles. The quantitative estimate of drug-likeness (QED) is 0.631. The van der Waals surface area contributed by atoms with E-state index in [1.807, 2.05) is 6.92 Å². The van der Waals surface area contributed by atoms with Gasteiger partial charge in [-0.1, -0.05) is 12.1 Å². The van der Waals surface area contributed by atoms with Crippen molar-refractivity contribution in [3.05, 3.63) is 48.0 Å². The van der Waals surface area contributed by atoms with Gasteiger partial charge in [0.15, 0.2) is 0 Å². The number of imidazole rings is 1. The number of nitrogens with zero attached hydrogens (tertiary/aromatic N) is 2. The zero-order valence-corrected chi connectivity index (χ0v) is 14.9. The van der Waals surface area contributed by atoms with Crippen LogP contribution in [0.2, 0.25) is 0 Å². The van der Waals surface area contributed by atoms with E-state index in [0.717, 1.165) is 11.3 Å².